The first-order chi connectivity index (χ1) is 18.7. The van der Waals surface area contributed by atoms with Crippen LogP contribution in [0.2, 0.25) is 0 Å². The normalized spacial score (nSPS) is 22.6. The zero-order valence-corrected chi connectivity index (χ0v) is 20.7. The Hall–Kier alpha value is -3.46. The summed E-state index contributed by atoms with van der Waals surface area (Å²) in [6.45, 7) is 2.05. The average Bonchev–Trinajstić information content (AvgIpc) is 3.61. The van der Waals surface area contributed by atoms with Gasteiger partial charge >= 0.3 is 0 Å². The summed E-state index contributed by atoms with van der Waals surface area (Å²) in [5.41, 5.74) is 6.04. The van der Waals surface area contributed by atoms with Crippen molar-refractivity contribution in [1.82, 2.24) is 0 Å². The molecule has 2 aromatic heterocycles. The van der Waals surface area contributed by atoms with Gasteiger partial charge in [0.15, 0.2) is 6.20 Å². The molecule has 180 valence electrons. The van der Waals surface area contributed by atoms with E-state index in [2.05, 4.69) is 6.07 Å². The molecule has 1 fully saturated rings. The van der Waals surface area contributed by atoms with Gasteiger partial charge in [-0.25, -0.2) is 8.96 Å². The number of hydrogen-bond donors (Lipinski definition) is 0. The first-order valence-electron chi connectivity index (χ1n) is 14.4. The fourth-order valence-electron chi connectivity index (χ4n) is 6.47. The van der Waals surface area contributed by atoms with Crippen molar-refractivity contribution in [3.05, 3.63) is 89.4 Å². The minimum Gasteiger partial charge on any atom is -0.454 e. The molecule has 0 radical (unpaired) electrons. The quantitative estimate of drug-likeness (QED) is 0.237. The van der Waals surface area contributed by atoms with Gasteiger partial charge in [-0.05, 0) is 84.8 Å². The lowest BCUT2D eigenvalue weighted by Crippen LogP contribution is -2.30. The summed E-state index contributed by atoms with van der Waals surface area (Å²) in [4.78, 5) is 0. The molecule has 0 saturated heterocycles. The highest BCUT2D eigenvalue weighted by atomic mass is 19.1. The summed E-state index contributed by atoms with van der Waals surface area (Å²) in [6, 6.07) is 18.9. The van der Waals surface area contributed by atoms with Crippen LogP contribution in [-0.4, -0.2) is 0 Å². The van der Waals surface area contributed by atoms with Crippen LogP contribution in [0.5, 0.6) is 0 Å². The SMILES string of the molecule is [2H]C1([2H])CC([2H])(C2CCCC2)c2cccc(-c3c(F)ccc4c3oc3c(-c5cccc[n+]5C)c(C)ccc34)c21. The second-order valence-electron chi connectivity index (χ2n) is 10.3. The molecule has 2 aliphatic rings. The van der Waals surface area contributed by atoms with E-state index in [4.69, 9.17) is 7.16 Å². The van der Waals surface area contributed by atoms with Gasteiger partial charge in [0.05, 0.1) is 11.1 Å². The molecule has 1 saturated carbocycles. The highest BCUT2D eigenvalue weighted by molar-refractivity contribution is 6.13. The molecule has 5 aromatic rings. The van der Waals surface area contributed by atoms with Gasteiger partial charge in [-0.2, -0.15) is 0 Å². The predicted octanol–water partition coefficient (Wildman–Crippen LogP) is 8.41. The molecule has 2 aliphatic carbocycles. The molecular formula is C33H31FNO+. The minimum atomic E-state index is -1.74. The Morgan fingerprint density at radius 1 is 0.917 bits per heavy atom. The Kier molecular flexibility index (Phi) is 4.32. The summed E-state index contributed by atoms with van der Waals surface area (Å²) < 4.78 is 52.1. The Bertz CT molecular complexity index is 1790. The van der Waals surface area contributed by atoms with Gasteiger partial charge in [-0.15, -0.1) is 0 Å². The number of halogens is 1. The molecule has 2 nitrogen and oxygen atoms in total. The fourth-order valence-corrected chi connectivity index (χ4v) is 6.47. The van der Waals surface area contributed by atoms with Crippen LogP contribution in [0.3, 0.4) is 0 Å². The number of fused-ring (bicyclic) bond motifs is 4. The third-order valence-electron chi connectivity index (χ3n) is 8.26. The fraction of sp³-hybridized carbons (Fsp3) is 0.303. The number of furan rings is 1. The zero-order chi connectivity index (χ0) is 27.1. The Labute approximate surface area is 215 Å². The number of hydrogen-bond acceptors (Lipinski definition) is 1. The molecule has 0 amide bonds. The molecule has 1 atom stereocenters. The molecule has 0 N–H and O–H groups in total. The zero-order valence-electron chi connectivity index (χ0n) is 23.7. The summed E-state index contributed by atoms with van der Waals surface area (Å²) in [7, 11) is 1.99. The second kappa shape index (κ2) is 8.30. The first-order valence-corrected chi connectivity index (χ1v) is 12.9. The number of pyridine rings is 1. The maximum atomic E-state index is 15.9. The van der Waals surface area contributed by atoms with Crippen molar-refractivity contribution in [3.63, 3.8) is 0 Å². The van der Waals surface area contributed by atoms with E-state index >= 15 is 4.39 Å². The predicted molar refractivity (Wildman–Crippen MR) is 143 cm³/mol. The summed E-state index contributed by atoms with van der Waals surface area (Å²) in [6.07, 6.45) is 4.40. The van der Waals surface area contributed by atoms with E-state index in [1.807, 2.05) is 61.1 Å². The smallest absolute Gasteiger partial charge is 0.216 e. The van der Waals surface area contributed by atoms with E-state index in [1.54, 1.807) is 12.1 Å². The minimum absolute atomic E-state index is 0.0998. The number of nitrogens with zero attached hydrogens (tertiary/aromatic N) is 1. The molecule has 7 rings (SSSR count). The van der Waals surface area contributed by atoms with Gasteiger partial charge < -0.3 is 4.42 Å². The molecule has 2 heterocycles. The molecule has 3 aromatic carbocycles. The van der Waals surface area contributed by atoms with E-state index in [1.165, 1.54) is 6.07 Å². The molecule has 36 heavy (non-hydrogen) atoms. The van der Waals surface area contributed by atoms with Gasteiger partial charge in [0.1, 0.15) is 24.0 Å². The van der Waals surface area contributed by atoms with Crippen molar-refractivity contribution in [2.75, 3.05) is 0 Å². The molecule has 0 spiro atoms. The number of aryl methyl sites for hydroxylation is 2. The number of rotatable bonds is 3. The van der Waals surface area contributed by atoms with E-state index in [0.29, 0.717) is 27.9 Å². The monoisotopic (exact) mass is 479 g/mol. The van der Waals surface area contributed by atoms with Gasteiger partial charge in [-0.1, -0.05) is 43.2 Å². The average molecular weight is 480 g/mol. The number of aromatic nitrogens is 1. The third kappa shape index (κ3) is 3.18. The van der Waals surface area contributed by atoms with Crippen LogP contribution in [0.4, 0.5) is 4.39 Å². The number of benzene rings is 3. The van der Waals surface area contributed by atoms with Gasteiger partial charge in [0.2, 0.25) is 5.69 Å². The van der Waals surface area contributed by atoms with Gasteiger partial charge in [0.25, 0.3) is 0 Å². The highest BCUT2D eigenvalue weighted by Gasteiger charge is 2.33. The van der Waals surface area contributed by atoms with Crippen molar-refractivity contribution < 1.29 is 17.5 Å². The lowest BCUT2D eigenvalue weighted by Gasteiger charge is -2.19. The van der Waals surface area contributed by atoms with Crippen LogP contribution >= 0.6 is 0 Å². The Morgan fingerprint density at radius 3 is 2.50 bits per heavy atom. The highest BCUT2D eigenvalue weighted by Crippen LogP contribution is 2.49. The molecule has 3 heteroatoms. The van der Waals surface area contributed by atoms with E-state index in [0.717, 1.165) is 53.3 Å². The molecule has 0 aliphatic heterocycles. The Morgan fingerprint density at radius 2 is 1.69 bits per heavy atom. The third-order valence-corrected chi connectivity index (χ3v) is 8.26. The van der Waals surface area contributed by atoms with E-state index in [9.17, 15) is 1.37 Å². The lowest BCUT2D eigenvalue weighted by atomic mass is 9.85. The van der Waals surface area contributed by atoms with Crippen LogP contribution in [0.1, 0.15) is 58.8 Å². The first kappa shape index (κ1) is 18.8. The summed E-state index contributed by atoms with van der Waals surface area (Å²) >= 11 is 0. The van der Waals surface area contributed by atoms with Crippen molar-refractivity contribution in [2.45, 2.75) is 51.3 Å². The van der Waals surface area contributed by atoms with Crippen molar-refractivity contribution >= 4 is 21.9 Å². The van der Waals surface area contributed by atoms with Crippen molar-refractivity contribution in [2.24, 2.45) is 13.0 Å². The molecular weight excluding hydrogens is 445 g/mol. The lowest BCUT2D eigenvalue weighted by molar-refractivity contribution is -0.660. The standard InChI is InChI=1S/C33H31FNO/c1-20-13-14-26-27-17-18-28(34)31(33(27)36-32(26)30(20)29-12-5-6-19-35(29)2)25-11-7-10-23-22(15-16-24(23)25)21-8-3-4-9-21/h5-7,10-14,17-19,21-22H,3-4,8-9,15-16H2,1-2H3/q+1/i16D2,22D. The van der Waals surface area contributed by atoms with Crippen LogP contribution < -0.4 is 4.57 Å². The topological polar surface area (TPSA) is 17.0 Å². The summed E-state index contributed by atoms with van der Waals surface area (Å²) in [5, 5.41) is 1.69. The van der Waals surface area contributed by atoms with Crippen molar-refractivity contribution in [1.29, 1.82) is 0 Å². The second-order valence-corrected chi connectivity index (χ2v) is 10.3. The van der Waals surface area contributed by atoms with E-state index < -0.39 is 18.1 Å². The van der Waals surface area contributed by atoms with Crippen LogP contribution in [0.25, 0.3) is 44.3 Å². The van der Waals surface area contributed by atoms with E-state index in [-0.39, 0.29) is 17.9 Å². The molecule has 0 bridgehead atoms. The Balaban J connectivity index is 1.53. The maximum Gasteiger partial charge on any atom is 0.216 e. The van der Waals surface area contributed by atoms with Crippen LogP contribution in [0.15, 0.2) is 71.3 Å². The molecule has 1 unspecified atom stereocenters. The van der Waals surface area contributed by atoms with Crippen molar-refractivity contribution in [3.8, 4) is 22.4 Å². The van der Waals surface area contributed by atoms with Gasteiger partial charge in [-0.3, -0.25) is 0 Å². The largest absolute Gasteiger partial charge is 0.454 e. The maximum absolute atomic E-state index is 15.9. The van der Waals surface area contributed by atoms with Crippen LogP contribution in [0, 0.1) is 18.7 Å². The summed E-state index contributed by atoms with van der Waals surface area (Å²) in [5.74, 6) is -1.33. The van der Waals surface area contributed by atoms with Crippen LogP contribution in [-0.2, 0) is 13.4 Å². The van der Waals surface area contributed by atoms with Gasteiger partial charge in [0, 0.05) is 27.0 Å².